The molecular weight excluding hydrogens is 200 g/mol. The highest BCUT2D eigenvalue weighted by Crippen LogP contribution is 2.17. The molecule has 0 aliphatic carbocycles. The lowest BCUT2D eigenvalue weighted by atomic mass is 10.2. The van der Waals surface area contributed by atoms with Gasteiger partial charge >= 0.3 is 0 Å². The predicted molar refractivity (Wildman–Crippen MR) is 61.5 cm³/mol. The molecule has 3 nitrogen and oxygen atoms in total. The van der Waals surface area contributed by atoms with E-state index >= 15 is 0 Å². The molecule has 0 aliphatic rings. The van der Waals surface area contributed by atoms with Gasteiger partial charge < -0.3 is 10.8 Å². The maximum absolute atomic E-state index is 9.02. The topological polar surface area (TPSA) is 58.6 Å². The number of halogens is 1. The Morgan fingerprint density at radius 1 is 1.29 bits per heavy atom. The number of phenols is 1. The minimum Gasteiger partial charge on any atom is -0.508 e. The predicted octanol–water partition coefficient (Wildman–Crippen LogP) is 2.46. The van der Waals surface area contributed by atoms with Crippen molar-refractivity contribution >= 4 is 23.9 Å². The van der Waals surface area contributed by atoms with Crippen LogP contribution in [0.3, 0.4) is 0 Å². The van der Waals surface area contributed by atoms with Crippen LogP contribution in [0, 0.1) is 5.92 Å². The molecule has 0 saturated heterocycles. The highest BCUT2D eigenvalue weighted by atomic mass is 35.5. The molecule has 0 atom stereocenters. The second-order valence-corrected chi connectivity index (χ2v) is 3.21. The summed E-state index contributed by atoms with van der Waals surface area (Å²) in [6.07, 6.45) is 0. The van der Waals surface area contributed by atoms with Crippen molar-refractivity contribution in [1.82, 2.24) is 0 Å². The van der Waals surface area contributed by atoms with Crippen LogP contribution in [0.4, 0.5) is 5.69 Å². The van der Waals surface area contributed by atoms with E-state index in [1.165, 1.54) is 0 Å². The van der Waals surface area contributed by atoms with E-state index in [1.54, 1.807) is 24.3 Å². The Labute approximate surface area is 90.1 Å². The maximum atomic E-state index is 9.02. The van der Waals surface area contributed by atoms with Crippen LogP contribution in [0.2, 0.25) is 0 Å². The summed E-state index contributed by atoms with van der Waals surface area (Å²) in [5.41, 5.74) is 6.44. The van der Waals surface area contributed by atoms with Crippen LogP contribution in [0.15, 0.2) is 29.3 Å². The van der Waals surface area contributed by atoms with Crippen LogP contribution in [0.5, 0.6) is 5.75 Å². The first-order valence-electron chi connectivity index (χ1n) is 4.22. The van der Waals surface area contributed by atoms with E-state index in [9.17, 15) is 0 Å². The van der Waals surface area contributed by atoms with Crippen molar-refractivity contribution in [1.29, 1.82) is 0 Å². The van der Waals surface area contributed by atoms with Gasteiger partial charge in [0.2, 0.25) is 0 Å². The number of nitrogens with zero attached hydrogens (tertiary/aromatic N) is 1. The molecule has 1 aromatic rings. The van der Waals surface area contributed by atoms with Gasteiger partial charge in [0.25, 0.3) is 0 Å². The number of hydrogen-bond donors (Lipinski definition) is 2. The van der Waals surface area contributed by atoms with Crippen molar-refractivity contribution in [3.8, 4) is 5.75 Å². The fourth-order valence-corrected chi connectivity index (χ4v) is 0.805. The maximum Gasteiger partial charge on any atom is 0.115 e. The monoisotopic (exact) mass is 214 g/mol. The summed E-state index contributed by atoms with van der Waals surface area (Å²) in [4.78, 5) is 4.18. The first-order chi connectivity index (χ1) is 6.09. The highest BCUT2D eigenvalue weighted by molar-refractivity contribution is 5.85. The molecule has 0 spiro atoms. The largest absolute Gasteiger partial charge is 0.508 e. The molecule has 1 aromatic carbocycles. The molecule has 0 bridgehead atoms. The van der Waals surface area contributed by atoms with Crippen molar-refractivity contribution in [2.24, 2.45) is 16.6 Å². The van der Waals surface area contributed by atoms with Gasteiger partial charge in [0.05, 0.1) is 5.69 Å². The van der Waals surface area contributed by atoms with E-state index in [0.717, 1.165) is 5.69 Å². The van der Waals surface area contributed by atoms with E-state index in [4.69, 9.17) is 10.8 Å². The lowest BCUT2D eigenvalue weighted by molar-refractivity contribution is 0.475. The van der Waals surface area contributed by atoms with E-state index in [-0.39, 0.29) is 24.1 Å². The van der Waals surface area contributed by atoms with Gasteiger partial charge in [-0.15, -0.1) is 12.4 Å². The average molecular weight is 215 g/mol. The molecule has 0 unspecified atom stereocenters. The molecule has 0 aliphatic heterocycles. The molecule has 1 rings (SSSR count). The molecule has 0 saturated carbocycles. The number of phenolic OH excluding ortho intramolecular Hbond substituents is 1. The van der Waals surface area contributed by atoms with Crippen LogP contribution in [0.1, 0.15) is 13.8 Å². The van der Waals surface area contributed by atoms with Crippen molar-refractivity contribution in [2.45, 2.75) is 13.8 Å². The minimum atomic E-state index is 0. The third-order valence-corrected chi connectivity index (χ3v) is 1.70. The van der Waals surface area contributed by atoms with Crippen LogP contribution in [-0.4, -0.2) is 10.9 Å². The third-order valence-electron chi connectivity index (χ3n) is 1.70. The number of benzene rings is 1. The first kappa shape index (κ1) is 12.8. The van der Waals surface area contributed by atoms with Gasteiger partial charge in [0.1, 0.15) is 11.6 Å². The quantitative estimate of drug-likeness (QED) is 0.587. The molecule has 3 N–H and O–H groups in total. The zero-order chi connectivity index (χ0) is 9.84. The average Bonchev–Trinajstić information content (AvgIpc) is 2.08. The van der Waals surface area contributed by atoms with Gasteiger partial charge in [0.15, 0.2) is 0 Å². The third kappa shape index (κ3) is 3.66. The summed E-state index contributed by atoms with van der Waals surface area (Å²) in [5, 5.41) is 9.02. The number of hydrogen-bond acceptors (Lipinski definition) is 2. The molecular formula is C10H15ClN2O. The second-order valence-electron chi connectivity index (χ2n) is 3.21. The summed E-state index contributed by atoms with van der Waals surface area (Å²) in [7, 11) is 0. The number of aliphatic imine (C=N–C) groups is 1. The summed E-state index contributed by atoms with van der Waals surface area (Å²) in [5.74, 6) is 1.08. The molecule has 4 heteroatoms. The van der Waals surface area contributed by atoms with E-state index in [0.29, 0.717) is 5.84 Å². The zero-order valence-electron chi connectivity index (χ0n) is 8.27. The molecule has 0 amide bonds. The standard InChI is InChI=1S/C10H14N2O.ClH/c1-7(2)10(11)12-8-3-5-9(13)6-4-8;/h3-7,13H,1-2H3,(H2,11,12);1H. The van der Waals surface area contributed by atoms with Gasteiger partial charge in [-0.1, -0.05) is 13.8 Å². The van der Waals surface area contributed by atoms with Crippen molar-refractivity contribution in [3.05, 3.63) is 24.3 Å². The highest BCUT2D eigenvalue weighted by Gasteiger charge is 1.98. The van der Waals surface area contributed by atoms with Gasteiger partial charge in [-0.25, -0.2) is 4.99 Å². The lowest BCUT2D eigenvalue weighted by Gasteiger charge is -2.03. The molecule has 0 radical (unpaired) electrons. The minimum absolute atomic E-state index is 0. The number of rotatable bonds is 2. The smallest absolute Gasteiger partial charge is 0.115 e. The summed E-state index contributed by atoms with van der Waals surface area (Å²) < 4.78 is 0. The van der Waals surface area contributed by atoms with Gasteiger partial charge in [-0.05, 0) is 24.3 Å². The van der Waals surface area contributed by atoms with Crippen LogP contribution < -0.4 is 5.73 Å². The number of nitrogens with two attached hydrogens (primary N) is 1. The Balaban J connectivity index is 0.00000169. The van der Waals surface area contributed by atoms with Crippen LogP contribution >= 0.6 is 12.4 Å². The Morgan fingerprint density at radius 2 is 1.79 bits per heavy atom. The number of amidine groups is 1. The van der Waals surface area contributed by atoms with Crippen molar-refractivity contribution in [2.75, 3.05) is 0 Å². The molecule has 0 fully saturated rings. The molecule has 78 valence electrons. The SMILES string of the molecule is CC(C)C(N)=Nc1ccc(O)cc1.Cl. The first-order valence-corrected chi connectivity index (χ1v) is 4.22. The van der Waals surface area contributed by atoms with E-state index in [2.05, 4.69) is 4.99 Å². The fraction of sp³-hybridized carbons (Fsp3) is 0.300. The van der Waals surface area contributed by atoms with Gasteiger partial charge in [-0.2, -0.15) is 0 Å². The summed E-state index contributed by atoms with van der Waals surface area (Å²) >= 11 is 0. The zero-order valence-corrected chi connectivity index (χ0v) is 9.08. The number of aromatic hydroxyl groups is 1. The fourth-order valence-electron chi connectivity index (χ4n) is 0.805. The molecule has 0 heterocycles. The Bertz CT molecular complexity index is 306. The Morgan fingerprint density at radius 3 is 2.21 bits per heavy atom. The van der Waals surface area contributed by atoms with Crippen LogP contribution in [-0.2, 0) is 0 Å². The summed E-state index contributed by atoms with van der Waals surface area (Å²) in [6.45, 7) is 3.97. The normalized spacial score (nSPS) is 11.2. The van der Waals surface area contributed by atoms with Crippen LogP contribution in [0.25, 0.3) is 0 Å². The molecule has 0 aromatic heterocycles. The second kappa shape index (κ2) is 5.50. The Kier molecular flexibility index (Phi) is 5.02. The van der Waals surface area contributed by atoms with Gasteiger partial charge in [-0.3, -0.25) is 0 Å². The summed E-state index contributed by atoms with van der Waals surface area (Å²) in [6, 6.07) is 6.63. The van der Waals surface area contributed by atoms with Gasteiger partial charge in [0, 0.05) is 5.92 Å². The lowest BCUT2D eigenvalue weighted by Crippen LogP contribution is -2.17. The Hall–Kier alpha value is -1.22. The van der Waals surface area contributed by atoms with E-state index < -0.39 is 0 Å². The van der Waals surface area contributed by atoms with Crippen molar-refractivity contribution < 1.29 is 5.11 Å². The molecule has 14 heavy (non-hydrogen) atoms. The van der Waals surface area contributed by atoms with E-state index in [1.807, 2.05) is 13.8 Å². The van der Waals surface area contributed by atoms with Crippen molar-refractivity contribution in [3.63, 3.8) is 0 Å².